The van der Waals surface area contributed by atoms with Crippen LogP contribution in [-0.4, -0.2) is 110 Å². The number of carbonyl (C=O) groups is 1. The molecule has 3 aliphatic heterocycles. The van der Waals surface area contributed by atoms with Gasteiger partial charge in [-0.15, -0.1) is 0 Å². The van der Waals surface area contributed by atoms with Gasteiger partial charge in [0.15, 0.2) is 0 Å². The van der Waals surface area contributed by atoms with Gasteiger partial charge in [-0.05, 0) is 63.6 Å². The molecule has 1 amide bonds. The fraction of sp³-hybridized carbons (Fsp3) is 0.576. The van der Waals surface area contributed by atoms with Crippen LogP contribution in [0.2, 0.25) is 0 Å². The summed E-state index contributed by atoms with van der Waals surface area (Å²) in [5.41, 5.74) is 4.31. The van der Waals surface area contributed by atoms with Gasteiger partial charge in [0.1, 0.15) is 11.6 Å². The minimum atomic E-state index is -0.239. The first-order valence-corrected chi connectivity index (χ1v) is 15.7. The van der Waals surface area contributed by atoms with Crippen LogP contribution in [0.5, 0.6) is 0 Å². The Hall–Kier alpha value is -3.75. The third kappa shape index (κ3) is 5.50. The number of aromatic nitrogens is 2. The zero-order chi connectivity index (χ0) is 31.0. The van der Waals surface area contributed by atoms with Gasteiger partial charge in [-0.2, -0.15) is 10.2 Å². The van der Waals surface area contributed by atoms with E-state index in [4.69, 9.17) is 14.7 Å². The normalized spacial score (nSPS) is 22.6. The number of amides is 1. The summed E-state index contributed by atoms with van der Waals surface area (Å²) in [5.74, 6) is 1.28. The quantitative estimate of drug-likeness (QED) is 0.423. The van der Waals surface area contributed by atoms with E-state index in [2.05, 4.69) is 46.3 Å². The molecule has 2 aromatic rings. The summed E-state index contributed by atoms with van der Waals surface area (Å²) in [6.07, 6.45) is 6.10. The molecule has 1 aromatic carbocycles. The van der Waals surface area contributed by atoms with Crippen LogP contribution in [0, 0.1) is 17.1 Å². The van der Waals surface area contributed by atoms with E-state index < -0.39 is 0 Å². The molecule has 0 saturated carbocycles. The maximum atomic E-state index is 14.4. The standard InChI is InChI=1S/C33H43FN8O2/c1-5-30(43)42-16-15-39(19-26(42)12-13-35)31-27-11-10-25(41-14-6-7-23-8-9-24(34)17-29(23)41)18-28(27)36-32(37-31)40-20-33(21-40,22-44-4)38(2)3/h5,8-9,17,25-26H,1,6-7,10-12,14-16,18-22H2,2-4H3/t25-,26+/m1/s1. The number of likely N-dealkylation sites (N-methyl/N-ethyl adjacent to an activating group) is 1. The zero-order valence-corrected chi connectivity index (χ0v) is 26.1. The molecule has 4 heterocycles. The van der Waals surface area contributed by atoms with Gasteiger partial charge in [0.2, 0.25) is 11.9 Å². The monoisotopic (exact) mass is 602 g/mol. The third-order valence-corrected chi connectivity index (χ3v) is 10.0. The Morgan fingerprint density at radius 1 is 1.23 bits per heavy atom. The van der Waals surface area contributed by atoms with Crippen LogP contribution in [0.25, 0.3) is 0 Å². The molecule has 0 unspecified atom stereocenters. The maximum absolute atomic E-state index is 14.4. The van der Waals surface area contributed by atoms with Crippen molar-refractivity contribution in [2.24, 2.45) is 0 Å². The lowest BCUT2D eigenvalue weighted by Crippen LogP contribution is -2.71. The lowest BCUT2D eigenvalue weighted by atomic mass is 9.88. The molecule has 234 valence electrons. The summed E-state index contributed by atoms with van der Waals surface area (Å²) < 4.78 is 19.9. The number of fused-ring (bicyclic) bond motifs is 2. The van der Waals surface area contributed by atoms with E-state index in [1.807, 2.05) is 6.07 Å². The van der Waals surface area contributed by atoms with E-state index in [0.29, 0.717) is 32.2 Å². The SMILES string of the molecule is C=CC(=O)N1CCN(c2nc(N3CC(COC)(N(C)C)C3)nc3c2CC[C@@H](N2CCCc4ccc(F)cc42)C3)C[C@@H]1CC#N. The molecule has 0 bridgehead atoms. The first kappa shape index (κ1) is 30.3. The van der Waals surface area contributed by atoms with Crippen molar-refractivity contribution in [3.8, 4) is 6.07 Å². The Morgan fingerprint density at radius 3 is 2.77 bits per heavy atom. The molecule has 2 saturated heterocycles. The molecule has 0 radical (unpaired) electrons. The highest BCUT2D eigenvalue weighted by Crippen LogP contribution is 2.38. The van der Waals surface area contributed by atoms with Crippen molar-refractivity contribution in [3.05, 3.63) is 53.5 Å². The molecule has 0 spiro atoms. The number of ether oxygens (including phenoxy) is 1. The Morgan fingerprint density at radius 2 is 2.05 bits per heavy atom. The van der Waals surface area contributed by atoms with Crippen LogP contribution < -0.4 is 14.7 Å². The Kier molecular flexibility index (Phi) is 8.49. The van der Waals surface area contributed by atoms with Crippen LogP contribution in [-0.2, 0) is 28.8 Å². The van der Waals surface area contributed by atoms with E-state index in [1.165, 1.54) is 11.6 Å². The highest BCUT2D eigenvalue weighted by Gasteiger charge is 2.47. The number of anilines is 3. The predicted molar refractivity (Wildman–Crippen MR) is 169 cm³/mol. The lowest BCUT2D eigenvalue weighted by molar-refractivity contribution is -0.128. The summed E-state index contributed by atoms with van der Waals surface area (Å²) in [4.78, 5) is 33.8. The van der Waals surface area contributed by atoms with Crippen LogP contribution >= 0.6 is 0 Å². The number of hydrogen-bond acceptors (Lipinski definition) is 9. The second-order valence-corrected chi connectivity index (χ2v) is 12.8. The Balaban J connectivity index is 1.34. The molecule has 4 aliphatic rings. The van der Waals surface area contributed by atoms with Crippen molar-refractivity contribution in [1.82, 2.24) is 19.8 Å². The first-order chi connectivity index (χ1) is 21.3. The number of nitriles is 1. The van der Waals surface area contributed by atoms with Gasteiger partial charge < -0.3 is 24.3 Å². The molecule has 2 atom stereocenters. The molecule has 1 aromatic heterocycles. The number of benzene rings is 1. The minimum absolute atomic E-state index is 0.104. The third-order valence-electron chi connectivity index (χ3n) is 10.0. The molecule has 0 N–H and O–H groups in total. The molecule has 1 aliphatic carbocycles. The predicted octanol–water partition coefficient (Wildman–Crippen LogP) is 2.81. The summed E-state index contributed by atoms with van der Waals surface area (Å²) in [5, 5.41) is 9.57. The van der Waals surface area contributed by atoms with E-state index >= 15 is 0 Å². The summed E-state index contributed by atoms with van der Waals surface area (Å²) in [6, 6.07) is 7.44. The molecule has 44 heavy (non-hydrogen) atoms. The number of nitrogens with zero attached hydrogens (tertiary/aromatic N) is 8. The fourth-order valence-corrected chi connectivity index (χ4v) is 7.50. The van der Waals surface area contributed by atoms with Gasteiger partial charge in [0.25, 0.3) is 0 Å². The first-order valence-electron chi connectivity index (χ1n) is 15.7. The number of rotatable bonds is 8. The van der Waals surface area contributed by atoms with Crippen LogP contribution in [0.1, 0.15) is 36.1 Å². The number of carbonyl (C=O) groups excluding carboxylic acids is 1. The Bertz CT molecular complexity index is 1450. The molecule has 10 nitrogen and oxygen atoms in total. The van der Waals surface area contributed by atoms with Gasteiger partial charge in [0, 0.05) is 70.1 Å². The van der Waals surface area contributed by atoms with E-state index in [-0.39, 0.29) is 35.8 Å². The second kappa shape index (κ2) is 12.3. The second-order valence-electron chi connectivity index (χ2n) is 12.8. The largest absolute Gasteiger partial charge is 0.383 e. The molecular weight excluding hydrogens is 559 g/mol. The number of piperazine rings is 1. The van der Waals surface area contributed by atoms with Crippen LogP contribution in [0.4, 0.5) is 21.8 Å². The van der Waals surface area contributed by atoms with E-state index in [0.717, 1.165) is 74.5 Å². The van der Waals surface area contributed by atoms with Crippen LogP contribution in [0.3, 0.4) is 0 Å². The molecule has 6 rings (SSSR count). The average Bonchev–Trinajstić information content (AvgIpc) is 3.01. The van der Waals surface area contributed by atoms with Gasteiger partial charge in [-0.1, -0.05) is 12.6 Å². The van der Waals surface area contributed by atoms with Crippen molar-refractivity contribution in [2.75, 3.05) is 81.8 Å². The number of methoxy groups -OCH3 is 1. The van der Waals surface area contributed by atoms with E-state index in [1.54, 1.807) is 24.1 Å². The molecule has 11 heteroatoms. The number of hydrogen-bond donors (Lipinski definition) is 0. The van der Waals surface area contributed by atoms with Crippen molar-refractivity contribution >= 4 is 23.4 Å². The topological polar surface area (TPSA) is 92.1 Å². The van der Waals surface area contributed by atoms with Crippen molar-refractivity contribution in [3.63, 3.8) is 0 Å². The van der Waals surface area contributed by atoms with Crippen LogP contribution in [0.15, 0.2) is 30.9 Å². The van der Waals surface area contributed by atoms with Crippen molar-refractivity contribution in [2.45, 2.75) is 56.1 Å². The van der Waals surface area contributed by atoms with E-state index in [9.17, 15) is 14.4 Å². The van der Waals surface area contributed by atoms with Gasteiger partial charge in [-0.3, -0.25) is 9.69 Å². The van der Waals surface area contributed by atoms with Gasteiger partial charge in [0.05, 0.1) is 36.4 Å². The summed E-state index contributed by atoms with van der Waals surface area (Å²) in [7, 11) is 5.90. The molecule has 2 fully saturated rings. The Labute approximate surface area is 259 Å². The average molecular weight is 603 g/mol. The van der Waals surface area contributed by atoms with Crippen molar-refractivity contribution in [1.29, 1.82) is 5.26 Å². The fourth-order valence-electron chi connectivity index (χ4n) is 7.50. The zero-order valence-electron chi connectivity index (χ0n) is 26.1. The lowest BCUT2D eigenvalue weighted by Gasteiger charge is -2.53. The van der Waals surface area contributed by atoms with Gasteiger partial charge in [-0.25, -0.2) is 9.37 Å². The van der Waals surface area contributed by atoms with Gasteiger partial charge >= 0.3 is 0 Å². The highest BCUT2D eigenvalue weighted by molar-refractivity contribution is 5.87. The highest BCUT2D eigenvalue weighted by atomic mass is 19.1. The van der Waals surface area contributed by atoms with Crippen molar-refractivity contribution < 1.29 is 13.9 Å². The smallest absolute Gasteiger partial charge is 0.246 e. The summed E-state index contributed by atoms with van der Waals surface area (Å²) >= 11 is 0. The maximum Gasteiger partial charge on any atom is 0.246 e. The number of halogens is 1. The minimum Gasteiger partial charge on any atom is -0.383 e. The summed E-state index contributed by atoms with van der Waals surface area (Å²) in [6.45, 7) is 8.37. The molecular formula is C33H43FN8O2. The number of aryl methyl sites for hydroxylation is 1.